The topological polar surface area (TPSA) is 49.4 Å². The molecule has 0 spiro atoms. The van der Waals surface area contributed by atoms with E-state index in [0.29, 0.717) is 11.3 Å². The molecular formula is C14H13FN2O2S. The summed E-state index contributed by atoms with van der Waals surface area (Å²) in [7, 11) is 1.56. The van der Waals surface area contributed by atoms with Gasteiger partial charge in [-0.1, -0.05) is 0 Å². The number of likely N-dealkylation sites (N-methyl/N-ethyl adjacent to an activating group) is 1. The molecule has 4 nitrogen and oxygen atoms in total. The van der Waals surface area contributed by atoms with E-state index in [2.05, 4.69) is 5.32 Å². The molecule has 0 atom stereocenters. The Kier molecular flexibility index (Phi) is 4.47. The molecule has 2 amide bonds. The molecule has 2 aromatic rings. The summed E-state index contributed by atoms with van der Waals surface area (Å²) < 4.78 is 12.7. The number of thiophene rings is 1. The number of amides is 2. The molecule has 1 N–H and O–H groups in total. The van der Waals surface area contributed by atoms with Gasteiger partial charge in [0.15, 0.2) is 0 Å². The van der Waals surface area contributed by atoms with Crippen LogP contribution in [0.5, 0.6) is 0 Å². The lowest BCUT2D eigenvalue weighted by Gasteiger charge is -2.16. The lowest BCUT2D eigenvalue weighted by molar-refractivity contribution is -0.116. The lowest BCUT2D eigenvalue weighted by atomic mass is 10.3. The molecule has 0 radical (unpaired) electrons. The van der Waals surface area contributed by atoms with Gasteiger partial charge in [-0.05, 0) is 35.7 Å². The number of nitrogens with one attached hydrogen (secondary N) is 1. The van der Waals surface area contributed by atoms with Gasteiger partial charge in [-0.3, -0.25) is 9.59 Å². The van der Waals surface area contributed by atoms with Crippen molar-refractivity contribution in [3.05, 3.63) is 52.5 Å². The summed E-state index contributed by atoms with van der Waals surface area (Å²) in [4.78, 5) is 25.1. The molecule has 0 aliphatic carbocycles. The Bertz CT molecular complexity index is 596. The lowest BCUT2D eigenvalue weighted by Crippen LogP contribution is -2.34. The van der Waals surface area contributed by atoms with Gasteiger partial charge in [0.2, 0.25) is 5.91 Å². The summed E-state index contributed by atoms with van der Waals surface area (Å²) in [5, 5.41) is 6.14. The van der Waals surface area contributed by atoms with Crippen LogP contribution >= 0.6 is 11.3 Å². The molecule has 0 saturated heterocycles. The average Bonchev–Trinajstić information content (AvgIpc) is 2.94. The minimum Gasteiger partial charge on any atom is -0.332 e. The number of halogens is 1. The second kappa shape index (κ2) is 6.29. The Hall–Kier alpha value is -2.21. The van der Waals surface area contributed by atoms with Crippen molar-refractivity contribution in [1.29, 1.82) is 0 Å². The predicted molar refractivity (Wildman–Crippen MR) is 76.3 cm³/mol. The normalized spacial score (nSPS) is 10.1. The van der Waals surface area contributed by atoms with E-state index in [1.807, 2.05) is 0 Å². The number of nitrogens with zero attached hydrogens (tertiary/aromatic N) is 1. The largest absolute Gasteiger partial charge is 0.332 e. The van der Waals surface area contributed by atoms with E-state index in [-0.39, 0.29) is 24.2 Å². The first-order chi connectivity index (χ1) is 9.56. The molecule has 104 valence electrons. The fraction of sp³-hybridized carbons (Fsp3) is 0.143. The number of rotatable bonds is 4. The molecule has 6 heteroatoms. The van der Waals surface area contributed by atoms with Crippen molar-refractivity contribution in [3.63, 3.8) is 0 Å². The smallest absolute Gasteiger partial charge is 0.254 e. The summed E-state index contributed by atoms with van der Waals surface area (Å²) in [5.41, 5.74) is 1.06. The van der Waals surface area contributed by atoms with Crippen LogP contribution in [0.1, 0.15) is 10.4 Å². The average molecular weight is 292 g/mol. The molecule has 20 heavy (non-hydrogen) atoms. The number of benzene rings is 1. The van der Waals surface area contributed by atoms with Gasteiger partial charge in [0.25, 0.3) is 5.91 Å². The van der Waals surface area contributed by atoms with Gasteiger partial charge in [0, 0.05) is 18.1 Å². The molecule has 0 unspecified atom stereocenters. The third-order valence-electron chi connectivity index (χ3n) is 2.62. The predicted octanol–water partition coefficient (Wildman–Crippen LogP) is 2.60. The third-order valence-corrected chi connectivity index (χ3v) is 3.31. The molecule has 1 heterocycles. The van der Waals surface area contributed by atoms with Crippen LogP contribution in [-0.2, 0) is 4.79 Å². The second-order valence-corrected chi connectivity index (χ2v) is 5.01. The molecule has 0 aliphatic rings. The first-order valence-electron chi connectivity index (χ1n) is 5.89. The molecule has 2 rings (SSSR count). The van der Waals surface area contributed by atoms with Gasteiger partial charge in [0.1, 0.15) is 5.82 Å². The highest BCUT2D eigenvalue weighted by molar-refractivity contribution is 7.08. The number of carbonyl (C=O) groups excluding carboxylic acids is 2. The molecule has 1 aromatic heterocycles. The zero-order chi connectivity index (χ0) is 14.5. The second-order valence-electron chi connectivity index (χ2n) is 4.23. The van der Waals surface area contributed by atoms with E-state index < -0.39 is 0 Å². The number of hydrogen-bond acceptors (Lipinski definition) is 3. The summed E-state index contributed by atoms with van der Waals surface area (Å²) in [6, 6.07) is 7.16. The maximum atomic E-state index is 12.7. The van der Waals surface area contributed by atoms with Gasteiger partial charge in [-0.25, -0.2) is 4.39 Å². The monoisotopic (exact) mass is 292 g/mol. The van der Waals surface area contributed by atoms with Crippen LogP contribution in [0.15, 0.2) is 41.1 Å². The summed E-state index contributed by atoms with van der Waals surface area (Å²) >= 11 is 1.42. The Morgan fingerprint density at radius 1 is 1.25 bits per heavy atom. The zero-order valence-corrected chi connectivity index (χ0v) is 11.6. The fourth-order valence-electron chi connectivity index (χ4n) is 1.63. The number of hydrogen-bond donors (Lipinski definition) is 1. The van der Waals surface area contributed by atoms with Crippen molar-refractivity contribution >= 4 is 28.8 Å². The zero-order valence-electron chi connectivity index (χ0n) is 10.8. The highest BCUT2D eigenvalue weighted by Crippen LogP contribution is 2.10. The van der Waals surface area contributed by atoms with Crippen LogP contribution in [0.25, 0.3) is 0 Å². The van der Waals surface area contributed by atoms with Crippen LogP contribution in [-0.4, -0.2) is 30.3 Å². The van der Waals surface area contributed by atoms with Crippen molar-refractivity contribution in [2.24, 2.45) is 0 Å². The van der Waals surface area contributed by atoms with E-state index in [0.717, 1.165) is 0 Å². The Labute approximate surface area is 119 Å². The van der Waals surface area contributed by atoms with Gasteiger partial charge in [-0.2, -0.15) is 11.3 Å². The van der Waals surface area contributed by atoms with Crippen LogP contribution in [0, 0.1) is 5.82 Å². The van der Waals surface area contributed by atoms with Gasteiger partial charge in [-0.15, -0.1) is 0 Å². The van der Waals surface area contributed by atoms with E-state index in [9.17, 15) is 14.0 Å². The highest BCUT2D eigenvalue weighted by Gasteiger charge is 2.15. The molecule has 0 fully saturated rings. The Balaban J connectivity index is 1.91. The van der Waals surface area contributed by atoms with Crippen molar-refractivity contribution in [2.45, 2.75) is 0 Å². The SMILES string of the molecule is CN(CC(=O)Nc1ccc(F)cc1)C(=O)c1ccsc1. The standard InChI is InChI=1S/C14H13FN2O2S/c1-17(14(19)10-6-7-20-9-10)8-13(18)16-12-4-2-11(15)3-5-12/h2-7,9H,8H2,1H3,(H,16,18). The Morgan fingerprint density at radius 2 is 1.95 bits per heavy atom. The van der Waals surface area contributed by atoms with Crippen LogP contribution in [0.2, 0.25) is 0 Å². The first-order valence-corrected chi connectivity index (χ1v) is 6.83. The van der Waals surface area contributed by atoms with Crippen molar-refractivity contribution in [2.75, 3.05) is 18.9 Å². The van der Waals surface area contributed by atoms with Crippen molar-refractivity contribution in [1.82, 2.24) is 4.90 Å². The molecule has 0 aliphatic heterocycles. The number of anilines is 1. The number of carbonyl (C=O) groups is 2. The third kappa shape index (κ3) is 3.64. The van der Waals surface area contributed by atoms with E-state index in [4.69, 9.17) is 0 Å². The first kappa shape index (κ1) is 14.2. The maximum Gasteiger partial charge on any atom is 0.254 e. The summed E-state index contributed by atoms with van der Waals surface area (Å²) in [5.74, 6) is -0.907. The van der Waals surface area contributed by atoms with Crippen molar-refractivity contribution < 1.29 is 14.0 Å². The van der Waals surface area contributed by atoms with Crippen LogP contribution < -0.4 is 5.32 Å². The van der Waals surface area contributed by atoms with Crippen molar-refractivity contribution in [3.8, 4) is 0 Å². The summed E-state index contributed by atoms with van der Waals surface area (Å²) in [6.07, 6.45) is 0. The fourth-order valence-corrected chi connectivity index (χ4v) is 2.26. The highest BCUT2D eigenvalue weighted by atomic mass is 32.1. The minimum atomic E-state index is -0.368. The maximum absolute atomic E-state index is 12.7. The minimum absolute atomic E-state index is 0.0634. The van der Waals surface area contributed by atoms with Crippen LogP contribution in [0.3, 0.4) is 0 Å². The van der Waals surface area contributed by atoms with Gasteiger partial charge in [0.05, 0.1) is 12.1 Å². The molecule has 0 bridgehead atoms. The Morgan fingerprint density at radius 3 is 2.55 bits per heavy atom. The molecular weight excluding hydrogens is 279 g/mol. The molecule has 0 saturated carbocycles. The van der Waals surface area contributed by atoms with Gasteiger partial charge >= 0.3 is 0 Å². The van der Waals surface area contributed by atoms with E-state index >= 15 is 0 Å². The van der Waals surface area contributed by atoms with Gasteiger partial charge < -0.3 is 10.2 Å². The van der Waals surface area contributed by atoms with Crippen LogP contribution in [0.4, 0.5) is 10.1 Å². The van der Waals surface area contributed by atoms with E-state index in [1.54, 1.807) is 23.9 Å². The quantitative estimate of drug-likeness (QED) is 0.941. The summed E-state index contributed by atoms with van der Waals surface area (Å²) in [6.45, 7) is -0.0634. The van der Waals surface area contributed by atoms with E-state index in [1.165, 1.54) is 40.5 Å². The molecule has 1 aromatic carbocycles.